The van der Waals surface area contributed by atoms with Gasteiger partial charge in [0.25, 0.3) is 5.91 Å². The summed E-state index contributed by atoms with van der Waals surface area (Å²) in [5.74, 6) is 0.569. The molecule has 0 bridgehead atoms. The zero-order valence-electron chi connectivity index (χ0n) is 13.0. The quantitative estimate of drug-likeness (QED) is 0.783. The van der Waals surface area contributed by atoms with E-state index in [1.165, 1.54) is 4.90 Å². The summed E-state index contributed by atoms with van der Waals surface area (Å²) in [7, 11) is 0. The molecule has 2 saturated heterocycles. The van der Waals surface area contributed by atoms with Crippen molar-refractivity contribution < 1.29 is 14.3 Å². The van der Waals surface area contributed by atoms with E-state index in [1.54, 1.807) is 12.1 Å². The Morgan fingerprint density at radius 3 is 2.45 bits per heavy atom. The molecule has 1 atom stereocenters. The highest BCUT2D eigenvalue weighted by Gasteiger charge is 2.43. The Morgan fingerprint density at radius 1 is 1.14 bits per heavy atom. The first-order chi connectivity index (χ1) is 10.7. The Balaban J connectivity index is 1.73. The first-order valence-corrected chi connectivity index (χ1v) is 8.04. The number of carbonyl (C=O) groups excluding carboxylic acids is 2. The summed E-state index contributed by atoms with van der Waals surface area (Å²) in [5.41, 5.74) is 0.639. The van der Waals surface area contributed by atoms with Crippen LogP contribution >= 0.6 is 0 Å². The van der Waals surface area contributed by atoms with Crippen LogP contribution in [0.2, 0.25) is 0 Å². The number of rotatable bonds is 5. The maximum absolute atomic E-state index is 12.6. The van der Waals surface area contributed by atoms with Gasteiger partial charge in [-0.3, -0.25) is 14.5 Å². The minimum atomic E-state index is -0.272. The Labute approximate surface area is 130 Å². The topological polar surface area (TPSA) is 49.9 Å². The average molecular weight is 302 g/mol. The Hall–Kier alpha value is -1.88. The van der Waals surface area contributed by atoms with Crippen LogP contribution in [-0.4, -0.2) is 42.5 Å². The summed E-state index contributed by atoms with van der Waals surface area (Å²) in [6.45, 7) is 4.55. The highest BCUT2D eigenvalue weighted by Crippen LogP contribution is 2.28. The molecule has 2 fully saturated rings. The van der Waals surface area contributed by atoms with Crippen molar-refractivity contribution in [3.05, 3.63) is 24.3 Å². The molecule has 0 radical (unpaired) electrons. The van der Waals surface area contributed by atoms with Crippen LogP contribution in [0.5, 0.6) is 5.75 Å². The maximum atomic E-state index is 12.6. The number of imide groups is 1. The molecule has 2 aliphatic heterocycles. The lowest BCUT2D eigenvalue weighted by molar-refractivity contribution is -0.122. The number of hydrogen-bond donors (Lipinski definition) is 0. The third kappa shape index (κ3) is 2.86. The molecule has 0 spiro atoms. The first-order valence-electron chi connectivity index (χ1n) is 8.04. The van der Waals surface area contributed by atoms with Crippen molar-refractivity contribution in [2.24, 2.45) is 0 Å². The van der Waals surface area contributed by atoms with Crippen LogP contribution in [0.1, 0.15) is 32.6 Å². The summed E-state index contributed by atoms with van der Waals surface area (Å²) in [4.78, 5) is 28.3. The predicted molar refractivity (Wildman–Crippen MR) is 83.9 cm³/mol. The van der Waals surface area contributed by atoms with Crippen molar-refractivity contribution >= 4 is 17.5 Å². The van der Waals surface area contributed by atoms with Crippen molar-refractivity contribution in [1.29, 1.82) is 0 Å². The number of likely N-dealkylation sites (tertiary alicyclic amines) is 1. The van der Waals surface area contributed by atoms with E-state index >= 15 is 0 Å². The van der Waals surface area contributed by atoms with Crippen LogP contribution in [-0.2, 0) is 9.59 Å². The van der Waals surface area contributed by atoms with E-state index in [4.69, 9.17) is 4.74 Å². The fraction of sp³-hybridized carbons (Fsp3) is 0.529. The summed E-state index contributed by atoms with van der Waals surface area (Å²) < 4.78 is 5.53. The largest absolute Gasteiger partial charge is 0.494 e. The standard InChI is InChI=1S/C17H22N2O3/c1-2-11-22-14-7-5-13(6-8-14)19-16(20)12-15(17(19)21)18-9-3-4-10-18/h5-8,15H,2-4,9-12H2,1H3/t15-/m1/s1. The van der Waals surface area contributed by atoms with Crippen molar-refractivity contribution in [1.82, 2.24) is 4.90 Å². The van der Waals surface area contributed by atoms with Gasteiger partial charge in [-0.15, -0.1) is 0 Å². The van der Waals surface area contributed by atoms with Crippen molar-refractivity contribution in [2.45, 2.75) is 38.6 Å². The minimum absolute atomic E-state index is 0.0888. The summed E-state index contributed by atoms with van der Waals surface area (Å²) in [6, 6.07) is 6.93. The van der Waals surface area contributed by atoms with E-state index in [0.717, 1.165) is 38.1 Å². The monoisotopic (exact) mass is 302 g/mol. The molecule has 0 aliphatic carbocycles. The third-order valence-corrected chi connectivity index (χ3v) is 4.27. The second kappa shape index (κ2) is 6.48. The lowest BCUT2D eigenvalue weighted by atomic mass is 10.2. The molecule has 3 rings (SSSR count). The van der Waals surface area contributed by atoms with Gasteiger partial charge in [0.05, 0.1) is 24.8 Å². The van der Waals surface area contributed by atoms with Crippen molar-refractivity contribution in [3.8, 4) is 5.75 Å². The molecule has 2 aliphatic rings. The average Bonchev–Trinajstić information content (AvgIpc) is 3.14. The van der Waals surface area contributed by atoms with Gasteiger partial charge in [-0.2, -0.15) is 0 Å². The molecule has 2 heterocycles. The van der Waals surface area contributed by atoms with Crippen molar-refractivity contribution in [2.75, 3.05) is 24.6 Å². The lowest BCUT2D eigenvalue weighted by Gasteiger charge is -2.21. The minimum Gasteiger partial charge on any atom is -0.494 e. The molecule has 0 N–H and O–H groups in total. The molecule has 0 saturated carbocycles. The molecule has 22 heavy (non-hydrogen) atoms. The summed E-state index contributed by atoms with van der Waals surface area (Å²) >= 11 is 0. The fourth-order valence-corrected chi connectivity index (χ4v) is 3.14. The van der Waals surface area contributed by atoms with Gasteiger partial charge in [0.1, 0.15) is 5.75 Å². The molecule has 0 aromatic heterocycles. The van der Waals surface area contributed by atoms with E-state index in [-0.39, 0.29) is 17.9 Å². The molecule has 1 aromatic carbocycles. The SMILES string of the molecule is CCCOc1ccc(N2C(=O)C[C@@H](N3CCCC3)C2=O)cc1. The van der Waals surface area contributed by atoms with Gasteiger partial charge in [-0.25, -0.2) is 4.90 Å². The van der Waals surface area contributed by atoms with E-state index in [2.05, 4.69) is 11.8 Å². The van der Waals surface area contributed by atoms with Crippen LogP contribution in [0, 0.1) is 0 Å². The summed E-state index contributed by atoms with van der Waals surface area (Å²) in [5, 5.41) is 0. The van der Waals surface area contributed by atoms with Crippen LogP contribution in [0.15, 0.2) is 24.3 Å². The molecule has 118 valence electrons. The number of nitrogens with zero attached hydrogens (tertiary/aromatic N) is 2. The van der Waals surface area contributed by atoms with E-state index < -0.39 is 0 Å². The molecular formula is C17H22N2O3. The zero-order chi connectivity index (χ0) is 15.5. The third-order valence-electron chi connectivity index (χ3n) is 4.27. The Morgan fingerprint density at radius 2 is 1.82 bits per heavy atom. The number of amides is 2. The van der Waals surface area contributed by atoms with Gasteiger partial charge >= 0.3 is 0 Å². The van der Waals surface area contributed by atoms with Crippen molar-refractivity contribution in [3.63, 3.8) is 0 Å². The smallest absolute Gasteiger partial charge is 0.251 e. The van der Waals surface area contributed by atoms with E-state index in [9.17, 15) is 9.59 Å². The fourth-order valence-electron chi connectivity index (χ4n) is 3.14. The normalized spacial score (nSPS) is 22.6. The van der Waals surface area contributed by atoms with Gasteiger partial charge < -0.3 is 4.74 Å². The molecule has 0 unspecified atom stereocenters. The van der Waals surface area contributed by atoms with Gasteiger partial charge in [-0.1, -0.05) is 6.92 Å². The van der Waals surface area contributed by atoms with E-state index in [0.29, 0.717) is 18.7 Å². The number of ether oxygens (including phenoxy) is 1. The molecule has 5 nitrogen and oxygen atoms in total. The van der Waals surface area contributed by atoms with Gasteiger partial charge in [-0.05, 0) is 56.6 Å². The number of hydrogen-bond acceptors (Lipinski definition) is 4. The second-order valence-corrected chi connectivity index (χ2v) is 5.87. The zero-order valence-corrected chi connectivity index (χ0v) is 13.0. The summed E-state index contributed by atoms with van der Waals surface area (Å²) in [6.07, 6.45) is 3.47. The number of anilines is 1. The molecular weight excluding hydrogens is 280 g/mol. The predicted octanol–water partition coefficient (Wildman–Crippen LogP) is 2.20. The van der Waals surface area contributed by atoms with E-state index in [1.807, 2.05) is 12.1 Å². The lowest BCUT2D eigenvalue weighted by Crippen LogP contribution is -2.40. The number of carbonyl (C=O) groups is 2. The molecule has 1 aromatic rings. The second-order valence-electron chi connectivity index (χ2n) is 5.87. The highest BCUT2D eigenvalue weighted by atomic mass is 16.5. The highest BCUT2D eigenvalue weighted by molar-refractivity contribution is 6.22. The maximum Gasteiger partial charge on any atom is 0.251 e. The first kappa shape index (κ1) is 15.0. The van der Waals surface area contributed by atoms with Crippen LogP contribution in [0.4, 0.5) is 5.69 Å². The van der Waals surface area contributed by atoms with Gasteiger partial charge in [0, 0.05) is 0 Å². The van der Waals surface area contributed by atoms with Gasteiger partial charge in [0.15, 0.2) is 0 Å². The molecule has 5 heteroatoms. The Kier molecular flexibility index (Phi) is 4.43. The Bertz CT molecular complexity index is 550. The van der Waals surface area contributed by atoms with Crippen LogP contribution in [0.25, 0.3) is 0 Å². The van der Waals surface area contributed by atoms with Crippen LogP contribution in [0.3, 0.4) is 0 Å². The molecule has 2 amide bonds. The van der Waals surface area contributed by atoms with Crippen LogP contribution < -0.4 is 9.64 Å². The van der Waals surface area contributed by atoms with Gasteiger partial charge in [0.2, 0.25) is 5.91 Å². The number of benzene rings is 1.